The average molecular weight is 213 g/mol. The number of aliphatic hydroxyl groups excluding tert-OH is 1. The van der Waals surface area contributed by atoms with Gasteiger partial charge < -0.3 is 10.4 Å². The maximum Gasteiger partial charge on any atom is 0.0849 e. The van der Waals surface area contributed by atoms with E-state index in [1.807, 2.05) is 13.0 Å². The van der Waals surface area contributed by atoms with Crippen LogP contribution in [0.5, 0.6) is 0 Å². The first-order valence-electron chi connectivity index (χ1n) is 4.72. The lowest BCUT2D eigenvalue weighted by molar-refractivity contribution is 0.0836. The summed E-state index contributed by atoms with van der Waals surface area (Å²) in [6.07, 6.45) is 3.20. The van der Waals surface area contributed by atoms with Crippen molar-refractivity contribution in [1.82, 2.24) is 4.98 Å². The Morgan fingerprint density at radius 1 is 1.57 bits per heavy atom. The topological polar surface area (TPSA) is 45.2 Å². The van der Waals surface area contributed by atoms with Gasteiger partial charge in [-0.15, -0.1) is 0 Å². The standard InChI is InChI=1S/C10H13ClN2O/c1-6-10(11)9(2-3-12-6)13-7-4-8(14)5-7/h2-3,7-8,14H,4-5H2,1H3,(H,12,13). The first-order chi connectivity index (χ1) is 6.66. The van der Waals surface area contributed by atoms with Crippen molar-refractivity contribution in [3.8, 4) is 0 Å². The van der Waals surface area contributed by atoms with Crippen molar-refractivity contribution >= 4 is 17.3 Å². The van der Waals surface area contributed by atoms with Gasteiger partial charge in [0.25, 0.3) is 0 Å². The monoisotopic (exact) mass is 212 g/mol. The van der Waals surface area contributed by atoms with Crippen LogP contribution in [-0.2, 0) is 0 Å². The molecule has 0 saturated heterocycles. The number of halogens is 1. The molecule has 2 N–H and O–H groups in total. The second kappa shape index (κ2) is 3.75. The van der Waals surface area contributed by atoms with Crippen LogP contribution >= 0.6 is 11.6 Å². The van der Waals surface area contributed by atoms with Crippen LogP contribution in [0.3, 0.4) is 0 Å². The van der Waals surface area contributed by atoms with E-state index in [4.69, 9.17) is 16.7 Å². The molecule has 1 fully saturated rings. The molecule has 1 aliphatic rings. The third-order valence-electron chi connectivity index (χ3n) is 2.54. The van der Waals surface area contributed by atoms with Gasteiger partial charge in [0, 0.05) is 12.2 Å². The SMILES string of the molecule is Cc1nccc(NC2CC(O)C2)c1Cl. The molecule has 2 rings (SSSR count). The number of rotatable bonds is 2. The Morgan fingerprint density at radius 3 is 2.93 bits per heavy atom. The zero-order chi connectivity index (χ0) is 10.1. The summed E-state index contributed by atoms with van der Waals surface area (Å²) in [5.74, 6) is 0. The number of hydrogen-bond acceptors (Lipinski definition) is 3. The van der Waals surface area contributed by atoms with Crippen molar-refractivity contribution in [2.45, 2.75) is 31.9 Å². The molecule has 1 aromatic heterocycles. The van der Waals surface area contributed by atoms with E-state index in [0.29, 0.717) is 11.1 Å². The van der Waals surface area contributed by atoms with Crippen LogP contribution in [0.2, 0.25) is 5.02 Å². The summed E-state index contributed by atoms with van der Waals surface area (Å²) in [6.45, 7) is 1.88. The number of nitrogens with zero attached hydrogens (tertiary/aromatic N) is 1. The number of aromatic nitrogens is 1. The van der Waals surface area contributed by atoms with E-state index in [9.17, 15) is 0 Å². The molecular formula is C10H13ClN2O. The Morgan fingerprint density at radius 2 is 2.29 bits per heavy atom. The molecule has 0 bridgehead atoms. The minimum atomic E-state index is -0.144. The summed E-state index contributed by atoms with van der Waals surface area (Å²) >= 11 is 6.07. The highest BCUT2D eigenvalue weighted by Crippen LogP contribution is 2.29. The molecule has 14 heavy (non-hydrogen) atoms. The van der Waals surface area contributed by atoms with Crippen LogP contribution in [0.4, 0.5) is 5.69 Å². The van der Waals surface area contributed by atoms with E-state index in [1.165, 1.54) is 0 Å². The van der Waals surface area contributed by atoms with Crippen molar-refractivity contribution in [1.29, 1.82) is 0 Å². The first-order valence-corrected chi connectivity index (χ1v) is 5.10. The zero-order valence-corrected chi connectivity index (χ0v) is 8.75. The number of aliphatic hydroxyl groups is 1. The molecule has 0 aliphatic heterocycles. The van der Waals surface area contributed by atoms with Crippen molar-refractivity contribution in [3.63, 3.8) is 0 Å². The Balaban J connectivity index is 2.06. The summed E-state index contributed by atoms with van der Waals surface area (Å²) in [7, 11) is 0. The molecule has 0 aromatic carbocycles. The molecule has 1 saturated carbocycles. The van der Waals surface area contributed by atoms with E-state index < -0.39 is 0 Å². The van der Waals surface area contributed by atoms with Gasteiger partial charge in [-0.1, -0.05) is 11.6 Å². The molecule has 1 aliphatic carbocycles. The molecule has 0 atom stereocenters. The molecular weight excluding hydrogens is 200 g/mol. The van der Waals surface area contributed by atoms with Crippen LogP contribution in [-0.4, -0.2) is 22.2 Å². The molecule has 0 radical (unpaired) electrons. The second-order valence-corrected chi connectivity index (χ2v) is 4.10. The van der Waals surface area contributed by atoms with Gasteiger partial charge in [0.1, 0.15) is 0 Å². The van der Waals surface area contributed by atoms with E-state index in [0.717, 1.165) is 24.2 Å². The predicted octanol–water partition coefficient (Wildman–Crippen LogP) is 1.98. The highest BCUT2D eigenvalue weighted by Gasteiger charge is 2.27. The zero-order valence-electron chi connectivity index (χ0n) is 8.00. The summed E-state index contributed by atoms with van der Waals surface area (Å²) in [6, 6.07) is 2.21. The van der Waals surface area contributed by atoms with E-state index in [2.05, 4.69) is 10.3 Å². The third-order valence-corrected chi connectivity index (χ3v) is 3.01. The summed E-state index contributed by atoms with van der Waals surface area (Å²) in [5.41, 5.74) is 1.74. The van der Waals surface area contributed by atoms with Crippen molar-refractivity contribution in [2.75, 3.05) is 5.32 Å². The van der Waals surface area contributed by atoms with Gasteiger partial charge in [0.05, 0.1) is 22.5 Å². The van der Waals surface area contributed by atoms with E-state index in [-0.39, 0.29) is 6.10 Å². The summed E-state index contributed by atoms with van der Waals surface area (Å²) in [4.78, 5) is 4.08. The van der Waals surface area contributed by atoms with Gasteiger partial charge >= 0.3 is 0 Å². The van der Waals surface area contributed by atoms with Crippen molar-refractivity contribution < 1.29 is 5.11 Å². The highest BCUT2D eigenvalue weighted by molar-refractivity contribution is 6.33. The third kappa shape index (κ3) is 1.83. The van der Waals surface area contributed by atoms with Crippen molar-refractivity contribution in [3.05, 3.63) is 23.0 Å². The Labute approximate surface area is 88.1 Å². The van der Waals surface area contributed by atoms with Gasteiger partial charge in [-0.05, 0) is 25.8 Å². The fourth-order valence-corrected chi connectivity index (χ4v) is 1.75. The van der Waals surface area contributed by atoms with Crippen LogP contribution in [0, 0.1) is 6.92 Å². The summed E-state index contributed by atoms with van der Waals surface area (Å²) in [5, 5.41) is 13.1. The van der Waals surface area contributed by atoms with Crippen LogP contribution in [0.1, 0.15) is 18.5 Å². The maximum absolute atomic E-state index is 9.13. The van der Waals surface area contributed by atoms with Crippen LogP contribution in [0.25, 0.3) is 0 Å². The highest BCUT2D eigenvalue weighted by atomic mass is 35.5. The van der Waals surface area contributed by atoms with E-state index >= 15 is 0 Å². The van der Waals surface area contributed by atoms with Crippen molar-refractivity contribution in [2.24, 2.45) is 0 Å². The second-order valence-electron chi connectivity index (χ2n) is 3.72. The van der Waals surface area contributed by atoms with Gasteiger partial charge in [0.15, 0.2) is 0 Å². The summed E-state index contributed by atoms with van der Waals surface area (Å²) < 4.78 is 0. The molecule has 1 aromatic rings. The maximum atomic E-state index is 9.13. The lowest BCUT2D eigenvalue weighted by atomic mass is 9.89. The van der Waals surface area contributed by atoms with Gasteiger partial charge in [-0.3, -0.25) is 4.98 Å². The van der Waals surface area contributed by atoms with Crippen LogP contribution < -0.4 is 5.32 Å². The molecule has 0 amide bonds. The predicted molar refractivity (Wildman–Crippen MR) is 56.6 cm³/mol. The lowest BCUT2D eigenvalue weighted by Gasteiger charge is -2.33. The number of aryl methyl sites for hydroxylation is 1. The van der Waals surface area contributed by atoms with Crippen LogP contribution in [0.15, 0.2) is 12.3 Å². The van der Waals surface area contributed by atoms with Gasteiger partial charge in [-0.25, -0.2) is 0 Å². The normalized spacial score (nSPS) is 25.6. The first kappa shape index (κ1) is 9.74. The number of pyridine rings is 1. The smallest absolute Gasteiger partial charge is 0.0849 e. The minimum absolute atomic E-state index is 0.144. The van der Waals surface area contributed by atoms with Gasteiger partial charge in [-0.2, -0.15) is 0 Å². The Bertz CT molecular complexity index is 337. The molecule has 4 heteroatoms. The Hall–Kier alpha value is -0.800. The molecule has 76 valence electrons. The van der Waals surface area contributed by atoms with Gasteiger partial charge in [0.2, 0.25) is 0 Å². The quantitative estimate of drug-likeness (QED) is 0.788. The van der Waals surface area contributed by atoms with E-state index in [1.54, 1.807) is 6.20 Å². The fraction of sp³-hybridized carbons (Fsp3) is 0.500. The largest absolute Gasteiger partial charge is 0.393 e. The number of nitrogens with one attached hydrogen (secondary N) is 1. The number of anilines is 1. The lowest BCUT2D eigenvalue weighted by Crippen LogP contribution is -2.39. The average Bonchev–Trinajstić information content (AvgIpc) is 2.10. The molecule has 0 unspecified atom stereocenters. The minimum Gasteiger partial charge on any atom is -0.393 e. The molecule has 3 nitrogen and oxygen atoms in total. The molecule has 1 heterocycles. The Kier molecular flexibility index (Phi) is 2.61. The number of hydrogen-bond donors (Lipinski definition) is 2. The fourth-order valence-electron chi connectivity index (χ4n) is 1.59. The molecule has 0 spiro atoms.